The van der Waals surface area contributed by atoms with Crippen LogP contribution in [-0.2, 0) is 9.53 Å². The molecule has 0 unspecified atom stereocenters. The molecule has 5 aliphatic rings. The van der Waals surface area contributed by atoms with Crippen molar-refractivity contribution in [3.8, 4) is 0 Å². The predicted molar refractivity (Wildman–Crippen MR) is 214 cm³/mol. The van der Waals surface area contributed by atoms with E-state index in [1.54, 1.807) is 0 Å². The molecule has 4 fully saturated rings. The maximum absolute atomic E-state index is 13.2. The molecule has 0 aliphatic heterocycles. The summed E-state index contributed by atoms with van der Waals surface area (Å²) in [5.41, 5.74) is 3.79. The normalized spacial score (nSPS) is 38.6. The van der Waals surface area contributed by atoms with E-state index in [0.717, 1.165) is 24.7 Å². The third-order valence-electron chi connectivity index (χ3n) is 17.2. The third-order valence-corrected chi connectivity index (χ3v) is 17.2. The second-order valence-electron chi connectivity index (χ2n) is 21.3. The summed E-state index contributed by atoms with van der Waals surface area (Å²) in [6.07, 6.45) is 37.0. The van der Waals surface area contributed by atoms with Crippen LogP contribution in [0, 0.1) is 50.2 Å². The van der Waals surface area contributed by atoms with Crippen LogP contribution in [0.3, 0.4) is 0 Å². The number of carbonyl (C=O) groups excluding carboxylic acids is 1. The smallest absolute Gasteiger partial charge is 0.306 e. The molecule has 0 bridgehead atoms. The van der Waals surface area contributed by atoms with E-state index in [1.165, 1.54) is 148 Å². The SMILES string of the molecule is CCCCCCCCCCCCCCCCCC(=O)O[C@H]1CC[C@]2(C)[C@H]3CC[C@@H]4C5=CC(C)(C)CC[C@]5(C)CC[C@@]4(C)[C@]3(C)CC[C@H]2C1(C)C. The first-order valence-corrected chi connectivity index (χ1v) is 22.6. The first-order valence-electron chi connectivity index (χ1n) is 22.6. The number of esters is 1. The van der Waals surface area contributed by atoms with Crippen molar-refractivity contribution < 1.29 is 9.53 Å². The Labute approximate surface area is 311 Å². The molecule has 0 amide bonds. The number of carbonyl (C=O) groups is 1. The van der Waals surface area contributed by atoms with Gasteiger partial charge in [-0.2, -0.15) is 0 Å². The van der Waals surface area contributed by atoms with E-state index in [4.69, 9.17) is 4.74 Å². The van der Waals surface area contributed by atoms with Crippen molar-refractivity contribution in [2.24, 2.45) is 50.2 Å². The molecule has 8 atom stereocenters. The minimum atomic E-state index is 0.0395. The van der Waals surface area contributed by atoms with Crippen LogP contribution in [0.4, 0.5) is 0 Å². The van der Waals surface area contributed by atoms with Crippen LogP contribution < -0.4 is 0 Å². The van der Waals surface area contributed by atoms with Gasteiger partial charge >= 0.3 is 5.97 Å². The predicted octanol–water partition coefficient (Wildman–Crippen LogP) is 15.0. The van der Waals surface area contributed by atoms with Crippen molar-refractivity contribution in [3.05, 3.63) is 11.6 Å². The van der Waals surface area contributed by atoms with E-state index < -0.39 is 0 Å². The molecule has 0 saturated heterocycles. The Morgan fingerprint density at radius 1 is 0.600 bits per heavy atom. The van der Waals surface area contributed by atoms with Crippen LogP contribution in [0.2, 0.25) is 0 Å². The molecule has 0 aromatic carbocycles. The van der Waals surface area contributed by atoms with Gasteiger partial charge in [0.05, 0.1) is 0 Å². The summed E-state index contributed by atoms with van der Waals surface area (Å²) < 4.78 is 6.43. The standard InChI is InChI=1S/C48H84O2/c1-10-11-12-13-14-15-16-17-18-19-20-21-22-23-24-25-42(49)50-41-29-30-46(7)39(44(41,4)5)28-31-48(9)40(46)27-26-37-38-36-43(2,3)32-33-45(38,6)34-35-47(37,48)8/h36-37,39-41H,10-35H2,1-9H3/t37-,39+,40-,41+,45-,46+,47-,48-/m1/s1. The van der Waals surface area contributed by atoms with Gasteiger partial charge in [0.2, 0.25) is 0 Å². The Morgan fingerprint density at radius 2 is 1.16 bits per heavy atom. The van der Waals surface area contributed by atoms with Crippen molar-refractivity contribution in [1.82, 2.24) is 0 Å². The molecule has 50 heavy (non-hydrogen) atoms. The highest BCUT2D eigenvalue weighted by Crippen LogP contribution is 2.76. The van der Waals surface area contributed by atoms with E-state index in [2.05, 4.69) is 68.4 Å². The lowest BCUT2D eigenvalue weighted by atomic mass is 9.32. The Kier molecular flexibility index (Phi) is 13.2. The Bertz CT molecular complexity index is 1150. The Morgan fingerprint density at radius 3 is 1.76 bits per heavy atom. The van der Waals surface area contributed by atoms with Gasteiger partial charge in [-0.05, 0) is 115 Å². The molecule has 0 aromatic heterocycles. The maximum Gasteiger partial charge on any atom is 0.306 e. The number of ether oxygens (including phenoxy) is 1. The second-order valence-corrected chi connectivity index (χ2v) is 21.3. The summed E-state index contributed by atoms with van der Waals surface area (Å²) >= 11 is 0. The fourth-order valence-electron chi connectivity index (χ4n) is 13.7. The molecule has 5 rings (SSSR count). The molecule has 0 radical (unpaired) electrons. The number of unbranched alkanes of at least 4 members (excludes halogenated alkanes) is 14. The molecule has 0 N–H and O–H groups in total. The fourth-order valence-corrected chi connectivity index (χ4v) is 13.7. The van der Waals surface area contributed by atoms with Crippen molar-refractivity contribution >= 4 is 5.97 Å². The van der Waals surface area contributed by atoms with Crippen LogP contribution in [0.1, 0.15) is 229 Å². The van der Waals surface area contributed by atoms with E-state index in [1.807, 2.05) is 5.57 Å². The molecule has 288 valence electrons. The van der Waals surface area contributed by atoms with Gasteiger partial charge in [-0.3, -0.25) is 4.79 Å². The highest BCUT2D eigenvalue weighted by molar-refractivity contribution is 5.69. The summed E-state index contributed by atoms with van der Waals surface area (Å²) in [5, 5.41) is 0. The molecule has 2 nitrogen and oxygen atoms in total. The minimum absolute atomic E-state index is 0.0395. The van der Waals surface area contributed by atoms with Gasteiger partial charge in [0.15, 0.2) is 0 Å². The lowest BCUT2D eigenvalue weighted by molar-refractivity contribution is -0.233. The van der Waals surface area contributed by atoms with Crippen LogP contribution in [-0.4, -0.2) is 12.1 Å². The molecule has 5 aliphatic carbocycles. The van der Waals surface area contributed by atoms with Crippen LogP contribution in [0.5, 0.6) is 0 Å². The summed E-state index contributed by atoms with van der Waals surface area (Å²) in [4.78, 5) is 13.2. The molecule has 4 saturated carbocycles. The van der Waals surface area contributed by atoms with Gasteiger partial charge in [0.25, 0.3) is 0 Å². The zero-order valence-electron chi connectivity index (χ0n) is 35.1. The van der Waals surface area contributed by atoms with Gasteiger partial charge < -0.3 is 4.74 Å². The van der Waals surface area contributed by atoms with Gasteiger partial charge in [-0.25, -0.2) is 0 Å². The second kappa shape index (κ2) is 16.3. The maximum atomic E-state index is 13.2. The zero-order chi connectivity index (χ0) is 36.3. The fraction of sp³-hybridized carbons (Fsp3) is 0.938. The van der Waals surface area contributed by atoms with Crippen molar-refractivity contribution in [2.45, 2.75) is 235 Å². The van der Waals surface area contributed by atoms with Crippen LogP contribution in [0.15, 0.2) is 11.6 Å². The van der Waals surface area contributed by atoms with E-state index in [9.17, 15) is 4.79 Å². The molecular formula is C48H84O2. The highest BCUT2D eigenvalue weighted by Gasteiger charge is 2.69. The number of fused-ring (bicyclic) bond motifs is 7. The number of hydrogen-bond donors (Lipinski definition) is 0. The van der Waals surface area contributed by atoms with E-state index in [0.29, 0.717) is 39.4 Å². The summed E-state index contributed by atoms with van der Waals surface area (Å²) in [7, 11) is 0. The Hall–Kier alpha value is -0.790. The van der Waals surface area contributed by atoms with Gasteiger partial charge in [-0.15, -0.1) is 0 Å². The van der Waals surface area contributed by atoms with Gasteiger partial charge in [-0.1, -0.05) is 164 Å². The summed E-state index contributed by atoms with van der Waals surface area (Å²) in [6.45, 7) is 23.0. The number of rotatable bonds is 17. The lowest BCUT2D eigenvalue weighted by Gasteiger charge is -2.72. The molecule has 0 heterocycles. The van der Waals surface area contributed by atoms with Crippen molar-refractivity contribution in [3.63, 3.8) is 0 Å². The minimum Gasteiger partial charge on any atom is -0.462 e. The number of allylic oxidation sites excluding steroid dienone is 2. The molecule has 0 spiro atoms. The largest absolute Gasteiger partial charge is 0.462 e. The van der Waals surface area contributed by atoms with Crippen molar-refractivity contribution in [1.29, 1.82) is 0 Å². The summed E-state index contributed by atoms with van der Waals surface area (Å²) in [5.74, 6) is 2.23. The average molecular weight is 693 g/mol. The first kappa shape index (κ1) is 40.4. The topological polar surface area (TPSA) is 26.3 Å². The van der Waals surface area contributed by atoms with Crippen LogP contribution in [0.25, 0.3) is 0 Å². The monoisotopic (exact) mass is 693 g/mol. The third kappa shape index (κ3) is 8.15. The van der Waals surface area contributed by atoms with Crippen molar-refractivity contribution in [2.75, 3.05) is 0 Å². The Balaban J connectivity index is 1.06. The van der Waals surface area contributed by atoms with E-state index >= 15 is 0 Å². The first-order chi connectivity index (χ1) is 23.6. The lowest BCUT2D eigenvalue weighted by Crippen LogP contribution is -2.66. The van der Waals surface area contributed by atoms with Gasteiger partial charge in [0, 0.05) is 11.8 Å². The summed E-state index contributed by atoms with van der Waals surface area (Å²) in [6, 6.07) is 0. The molecular weight excluding hydrogens is 609 g/mol. The number of hydrogen-bond acceptors (Lipinski definition) is 2. The average Bonchev–Trinajstić information content (AvgIpc) is 3.05. The quantitative estimate of drug-likeness (QED) is 0.0861. The van der Waals surface area contributed by atoms with Crippen LogP contribution >= 0.6 is 0 Å². The molecule has 2 heteroatoms. The zero-order valence-corrected chi connectivity index (χ0v) is 35.1. The molecule has 0 aromatic rings. The highest BCUT2D eigenvalue weighted by atomic mass is 16.5. The van der Waals surface area contributed by atoms with E-state index in [-0.39, 0.29) is 17.5 Å². The van der Waals surface area contributed by atoms with Gasteiger partial charge in [0.1, 0.15) is 6.10 Å².